The van der Waals surface area contributed by atoms with Crippen LogP contribution in [0, 0.1) is 0 Å². The van der Waals surface area contributed by atoms with Crippen LogP contribution in [-0.2, 0) is 0 Å². The van der Waals surface area contributed by atoms with Crippen LogP contribution in [0.2, 0.25) is 0 Å². The van der Waals surface area contributed by atoms with Crippen LogP contribution < -0.4 is 0 Å². The number of aromatic nitrogens is 4. The van der Waals surface area contributed by atoms with Crippen LogP contribution in [0.3, 0.4) is 0 Å². The maximum Gasteiger partial charge on any atom is 0.227 e. The molecule has 0 fully saturated rings. The third-order valence-electron chi connectivity index (χ3n) is 6.79. The Bertz CT molecular complexity index is 2080. The number of hydrogen-bond acceptors (Lipinski definition) is 3. The van der Waals surface area contributed by atoms with Crippen molar-refractivity contribution >= 4 is 49.9 Å². The van der Waals surface area contributed by atoms with Crippen LogP contribution in [-0.4, -0.2) is 18.9 Å². The van der Waals surface area contributed by atoms with Gasteiger partial charge in [-0.15, -0.1) is 0 Å². The fourth-order valence-corrected chi connectivity index (χ4v) is 5.22. The van der Waals surface area contributed by atoms with Gasteiger partial charge in [0.1, 0.15) is 5.58 Å². The van der Waals surface area contributed by atoms with Gasteiger partial charge in [-0.1, -0.05) is 42.5 Å². The lowest BCUT2D eigenvalue weighted by Crippen LogP contribution is -1.95. The van der Waals surface area contributed by atoms with E-state index in [1.54, 1.807) is 6.20 Å². The monoisotopic (exact) mass is 450 g/mol. The zero-order valence-corrected chi connectivity index (χ0v) is 18.6. The summed E-state index contributed by atoms with van der Waals surface area (Å²) in [6, 6.07) is 35.7. The molecule has 4 aromatic carbocycles. The fourth-order valence-electron chi connectivity index (χ4n) is 5.22. The molecule has 0 unspecified atom stereocenters. The number of benzene rings is 4. The number of pyridine rings is 1. The molecule has 164 valence electrons. The molecule has 0 saturated heterocycles. The van der Waals surface area contributed by atoms with Crippen molar-refractivity contribution in [2.24, 2.45) is 0 Å². The summed E-state index contributed by atoms with van der Waals surface area (Å²) in [5.41, 5.74) is 9.22. The van der Waals surface area contributed by atoms with Crippen molar-refractivity contribution in [1.29, 1.82) is 0 Å². The first kappa shape index (κ1) is 18.5. The first-order valence-electron chi connectivity index (χ1n) is 11.6. The van der Waals surface area contributed by atoms with Crippen molar-refractivity contribution < 1.29 is 4.42 Å². The number of imidazole rings is 2. The van der Waals surface area contributed by atoms with Crippen LogP contribution in [0.4, 0.5) is 0 Å². The second kappa shape index (κ2) is 6.81. The summed E-state index contributed by atoms with van der Waals surface area (Å²) < 4.78 is 10.4. The maximum absolute atomic E-state index is 5.92. The normalized spacial score (nSPS) is 12.0. The highest BCUT2D eigenvalue weighted by atomic mass is 16.3. The molecule has 0 atom stereocenters. The topological polar surface area (TPSA) is 48.3 Å². The number of rotatable bonds is 2. The number of furan rings is 1. The smallest absolute Gasteiger partial charge is 0.227 e. The van der Waals surface area contributed by atoms with Crippen molar-refractivity contribution in [1.82, 2.24) is 18.9 Å². The Kier molecular flexibility index (Phi) is 3.60. The summed E-state index contributed by atoms with van der Waals surface area (Å²) in [6.45, 7) is 0. The average molecular weight is 451 g/mol. The van der Waals surface area contributed by atoms with E-state index < -0.39 is 0 Å². The molecule has 8 aromatic rings. The van der Waals surface area contributed by atoms with E-state index in [0.29, 0.717) is 5.71 Å². The zero-order valence-electron chi connectivity index (χ0n) is 18.6. The highest BCUT2D eigenvalue weighted by Gasteiger charge is 2.17. The standard InChI is InChI=1S/C30H18N4O/c1-2-11-25-24(10-1)32-30-33(26-12-3-4-13-27(26)34(25)30)21-8-5-7-19(17-21)20-14-15-28-23(18-20)22-9-6-16-31-29(22)35-28/h1-18H. The average Bonchev–Trinajstić information content (AvgIpc) is 3.57. The minimum atomic E-state index is 0.668. The highest BCUT2D eigenvalue weighted by molar-refractivity contribution is 6.05. The van der Waals surface area contributed by atoms with Gasteiger partial charge in [-0.3, -0.25) is 8.97 Å². The molecule has 0 aliphatic carbocycles. The van der Waals surface area contributed by atoms with E-state index in [2.05, 4.69) is 98.9 Å². The predicted octanol–water partition coefficient (Wildman–Crippen LogP) is 7.39. The molecule has 35 heavy (non-hydrogen) atoms. The summed E-state index contributed by atoms with van der Waals surface area (Å²) in [5, 5.41) is 2.10. The van der Waals surface area contributed by atoms with E-state index >= 15 is 0 Å². The summed E-state index contributed by atoms with van der Waals surface area (Å²) >= 11 is 0. The Balaban J connectivity index is 1.38. The molecule has 4 aromatic heterocycles. The molecule has 0 amide bonds. The number of hydrogen-bond donors (Lipinski definition) is 0. The molecule has 0 N–H and O–H groups in total. The largest absolute Gasteiger partial charge is 0.438 e. The summed E-state index contributed by atoms with van der Waals surface area (Å²) in [4.78, 5) is 9.37. The molecule has 5 nitrogen and oxygen atoms in total. The van der Waals surface area contributed by atoms with Gasteiger partial charge in [0.05, 0.1) is 22.1 Å². The molecule has 0 spiro atoms. The highest BCUT2D eigenvalue weighted by Crippen LogP contribution is 2.34. The second-order valence-corrected chi connectivity index (χ2v) is 8.78. The Labute approximate surface area is 199 Å². The molecular formula is C30H18N4O. The van der Waals surface area contributed by atoms with Crippen LogP contribution in [0.25, 0.3) is 66.7 Å². The predicted molar refractivity (Wildman–Crippen MR) is 140 cm³/mol. The maximum atomic E-state index is 5.92. The van der Waals surface area contributed by atoms with Crippen molar-refractivity contribution in [2.45, 2.75) is 0 Å². The molecule has 5 heteroatoms. The van der Waals surface area contributed by atoms with Gasteiger partial charge in [-0.25, -0.2) is 9.97 Å². The van der Waals surface area contributed by atoms with E-state index in [9.17, 15) is 0 Å². The van der Waals surface area contributed by atoms with Gasteiger partial charge in [0.25, 0.3) is 0 Å². The lowest BCUT2D eigenvalue weighted by atomic mass is 10.0. The minimum absolute atomic E-state index is 0.668. The Morgan fingerprint density at radius 2 is 1.46 bits per heavy atom. The van der Waals surface area contributed by atoms with E-state index in [4.69, 9.17) is 9.40 Å². The molecule has 0 aliphatic heterocycles. The van der Waals surface area contributed by atoms with Crippen LogP contribution in [0.1, 0.15) is 0 Å². The Morgan fingerprint density at radius 1 is 0.629 bits per heavy atom. The first-order chi connectivity index (χ1) is 17.3. The van der Waals surface area contributed by atoms with Gasteiger partial charge in [-0.05, 0) is 71.8 Å². The van der Waals surface area contributed by atoms with Gasteiger partial charge in [-0.2, -0.15) is 0 Å². The van der Waals surface area contributed by atoms with E-state index in [-0.39, 0.29) is 0 Å². The van der Waals surface area contributed by atoms with E-state index in [1.807, 2.05) is 18.2 Å². The van der Waals surface area contributed by atoms with Crippen molar-refractivity contribution in [3.8, 4) is 16.8 Å². The van der Waals surface area contributed by atoms with E-state index in [1.165, 1.54) is 0 Å². The van der Waals surface area contributed by atoms with Gasteiger partial charge >= 0.3 is 0 Å². The SMILES string of the molecule is c1cc(-c2ccc3oc4ncccc4c3c2)cc(-n2c3ccccc3n3c4ccccc4nc23)c1. The first-order valence-corrected chi connectivity index (χ1v) is 11.6. The minimum Gasteiger partial charge on any atom is -0.438 e. The van der Waals surface area contributed by atoms with Gasteiger partial charge in [0.15, 0.2) is 0 Å². The van der Waals surface area contributed by atoms with Gasteiger partial charge in [0.2, 0.25) is 11.5 Å². The van der Waals surface area contributed by atoms with Crippen molar-refractivity contribution in [2.75, 3.05) is 0 Å². The molecule has 4 heterocycles. The lowest BCUT2D eigenvalue weighted by Gasteiger charge is -2.08. The van der Waals surface area contributed by atoms with Gasteiger partial charge < -0.3 is 4.42 Å². The van der Waals surface area contributed by atoms with E-state index in [0.717, 1.165) is 61.0 Å². The Hall–Kier alpha value is -4.90. The quantitative estimate of drug-likeness (QED) is 0.276. The van der Waals surface area contributed by atoms with Crippen LogP contribution >= 0.6 is 0 Å². The summed E-state index contributed by atoms with van der Waals surface area (Å²) in [5.74, 6) is 0.909. The summed E-state index contributed by atoms with van der Waals surface area (Å²) in [6.07, 6.45) is 1.76. The van der Waals surface area contributed by atoms with Crippen molar-refractivity contribution in [3.05, 3.63) is 109 Å². The van der Waals surface area contributed by atoms with Crippen molar-refractivity contribution in [3.63, 3.8) is 0 Å². The number of nitrogens with zero attached hydrogens (tertiary/aromatic N) is 4. The molecule has 0 bridgehead atoms. The third kappa shape index (κ3) is 2.58. The van der Waals surface area contributed by atoms with Gasteiger partial charge in [0, 0.05) is 22.7 Å². The molecule has 0 radical (unpaired) electrons. The summed E-state index contributed by atoms with van der Waals surface area (Å²) in [7, 11) is 0. The van der Waals surface area contributed by atoms with Crippen LogP contribution in [0.5, 0.6) is 0 Å². The molecule has 0 saturated carbocycles. The van der Waals surface area contributed by atoms with Crippen LogP contribution in [0.15, 0.2) is 114 Å². The Morgan fingerprint density at radius 3 is 2.40 bits per heavy atom. The lowest BCUT2D eigenvalue weighted by molar-refractivity contribution is 0.654. The second-order valence-electron chi connectivity index (χ2n) is 8.78. The molecule has 8 rings (SSSR count). The molecule has 0 aliphatic rings. The fraction of sp³-hybridized carbons (Fsp3) is 0. The zero-order chi connectivity index (χ0) is 22.9. The number of fused-ring (bicyclic) bond motifs is 8. The number of para-hydroxylation sites is 4. The third-order valence-corrected chi connectivity index (χ3v) is 6.79. The molecular weight excluding hydrogens is 432 g/mol.